The SMILES string of the molecule is COC(=O)C(C)Oc1ccc(F)c(N)c1. The number of anilines is 1. The molecule has 0 aliphatic carbocycles. The van der Waals surface area contributed by atoms with Gasteiger partial charge < -0.3 is 15.2 Å². The van der Waals surface area contributed by atoms with Crippen LogP contribution < -0.4 is 10.5 Å². The van der Waals surface area contributed by atoms with Gasteiger partial charge in [-0.3, -0.25) is 0 Å². The Balaban J connectivity index is 2.73. The number of hydrogen-bond acceptors (Lipinski definition) is 4. The molecule has 1 aromatic rings. The van der Waals surface area contributed by atoms with Crippen molar-refractivity contribution in [3.8, 4) is 5.75 Å². The molecule has 0 spiro atoms. The molecule has 1 atom stereocenters. The van der Waals surface area contributed by atoms with Crippen molar-refractivity contribution in [1.82, 2.24) is 0 Å². The van der Waals surface area contributed by atoms with Gasteiger partial charge in [-0.2, -0.15) is 0 Å². The maximum atomic E-state index is 12.8. The number of ether oxygens (including phenoxy) is 2. The molecule has 0 amide bonds. The molecule has 0 aromatic heterocycles. The van der Waals surface area contributed by atoms with Crippen LogP contribution in [0.2, 0.25) is 0 Å². The summed E-state index contributed by atoms with van der Waals surface area (Å²) in [6, 6.07) is 3.88. The number of carbonyl (C=O) groups excluding carboxylic acids is 1. The highest BCUT2D eigenvalue weighted by molar-refractivity contribution is 5.74. The van der Waals surface area contributed by atoms with E-state index in [1.807, 2.05) is 0 Å². The lowest BCUT2D eigenvalue weighted by Gasteiger charge is -2.12. The minimum absolute atomic E-state index is 0.0236. The van der Waals surface area contributed by atoms with E-state index >= 15 is 0 Å². The second-order valence-corrected chi connectivity index (χ2v) is 2.97. The molecule has 1 rings (SSSR count). The highest BCUT2D eigenvalue weighted by Gasteiger charge is 2.14. The van der Waals surface area contributed by atoms with Crippen molar-refractivity contribution < 1.29 is 18.7 Å². The van der Waals surface area contributed by atoms with E-state index in [1.165, 1.54) is 32.2 Å². The van der Waals surface area contributed by atoms with Crippen molar-refractivity contribution in [1.29, 1.82) is 0 Å². The summed E-state index contributed by atoms with van der Waals surface area (Å²) in [5.41, 5.74) is 5.31. The van der Waals surface area contributed by atoms with Crippen LogP contribution in [0, 0.1) is 5.82 Å². The van der Waals surface area contributed by atoms with Crippen LogP contribution in [0.1, 0.15) is 6.92 Å². The van der Waals surface area contributed by atoms with Gasteiger partial charge in [0.05, 0.1) is 12.8 Å². The molecule has 0 saturated heterocycles. The fourth-order valence-electron chi connectivity index (χ4n) is 1.01. The number of nitrogens with two attached hydrogens (primary N) is 1. The Morgan fingerprint density at radius 3 is 2.73 bits per heavy atom. The molecule has 1 aromatic carbocycles. The van der Waals surface area contributed by atoms with E-state index in [4.69, 9.17) is 10.5 Å². The van der Waals surface area contributed by atoms with Crippen molar-refractivity contribution in [2.24, 2.45) is 0 Å². The van der Waals surface area contributed by atoms with E-state index < -0.39 is 17.9 Å². The third-order valence-electron chi connectivity index (χ3n) is 1.81. The summed E-state index contributed by atoms with van der Waals surface area (Å²) in [6.45, 7) is 1.53. The van der Waals surface area contributed by atoms with Gasteiger partial charge in [0.25, 0.3) is 0 Å². The number of methoxy groups -OCH3 is 1. The van der Waals surface area contributed by atoms with Gasteiger partial charge in [-0.05, 0) is 19.1 Å². The average Bonchev–Trinajstić information content (AvgIpc) is 2.22. The largest absolute Gasteiger partial charge is 0.479 e. The number of esters is 1. The number of halogens is 1. The highest BCUT2D eigenvalue weighted by atomic mass is 19.1. The van der Waals surface area contributed by atoms with E-state index in [-0.39, 0.29) is 5.69 Å². The molecular weight excluding hydrogens is 201 g/mol. The topological polar surface area (TPSA) is 61.5 Å². The van der Waals surface area contributed by atoms with Gasteiger partial charge in [-0.1, -0.05) is 0 Å². The number of benzene rings is 1. The minimum Gasteiger partial charge on any atom is -0.479 e. The number of hydrogen-bond donors (Lipinski definition) is 1. The van der Waals surface area contributed by atoms with Crippen LogP contribution >= 0.6 is 0 Å². The zero-order valence-electron chi connectivity index (χ0n) is 8.49. The zero-order valence-corrected chi connectivity index (χ0v) is 8.49. The lowest BCUT2D eigenvalue weighted by molar-refractivity contribution is -0.147. The number of nitrogen functional groups attached to an aromatic ring is 1. The maximum Gasteiger partial charge on any atom is 0.346 e. The van der Waals surface area contributed by atoms with Crippen molar-refractivity contribution >= 4 is 11.7 Å². The Hall–Kier alpha value is -1.78. The van der Waals surface area contributed by atoms with E-state index in [9.17, 15) is 9.18 Å². The van der Waals surface area contributed by atoms with E-state index in [0.717, 1.165) is 0 Å². The molecule has 0 bridgehead atoms. The van der Waals surface area contributed by atoms with Gasteiger partial charge in [0.15, 0.2) is 6.10 Å². The first-order valence-corrected chi connectivity index (χ1v) is 4.34. The molecule has 0 aliphatic heterocycles. The Morgan fingerprint density at radius 1 is 1.53 bits per heavy atom. The van der Waals surface area contributed by atoms with Crippen LogP contribution in [0.15, 0.2) is 18.2 Å². The monoisotopic (exact) mass is 213 g/mol. The number of carbonyl (C=O) groups is 1. The highest BCUT2D eigenvalue weighted by Crippen LogP contribution is 2.19. The maximum absolute atomic E-state index is 12.8. The first kappa shape index (κ1) is 11.3. The standard InChI is InChI=1S/C10H12FNO3/c1-6(10(13)14-2)15-7-3-4-8(11)9(12)5-7/h3-6H,12H2,1-2H3. The van der Waals surface area contributed by atoms with Crippen LogP contribution in [0.25, 0.3) is 0 Å². The minimum atomic E-state index is -0.750. The van der Waals surface area contributed by atoms with E-state index in [0.29, 0.717) is 5.75 Å². The van der Waals surface area contributed by atoms with Crippen LogP contribution in [0.5, 0.6) is 5.75 Å². The van der Waals surface area contributed by atoms with Crippen molar-refractivity contribution in [2.75, 3.05) is 12.8 Å². The summed E-state index contributed by atoms with van der Waals surface area (Å²) in [7, 11) is 1.27. The van der Waals surface area contributed by atoms with Crippen LogP contribution in [-0.4, -0.2) is 19.2 Å². The Bertz CT molecular complexity index is 368. The average molecular weight is 213 g/mol. The summed E-state index contributed by atoms with van der Waals surface area (Å²) in [4.78, 5) is 11.0. The van der Waals surface area contributed by atoms with Gasteiger partial charge in [0.1, 0.15) is 11.6 Å². The van der Waals surface area contributed by atoms with Gasteiger partial charge in [-0.25, -0.2) is 9.18 Å². The Kier molecular flexibility index (Phi) is 3.49. The number of rotatable bonds is 3. The van der Waals surface area contributed by atoms with Gasteiger partial charge in [0, 0.05) is 6.07 Å². The third kappa shape index (κ3) is 2.83. The molecule has 15 heavy (non-hydrogen) atoms. The smallest absolute Gasteiger partial charge is 0.346 e. The zero-order chi connectivity index (χ0) is 11.4. The van der Waals surface area contributed by atoms with E-state index in [2.05, 4.69) is 4.74 Å². The predicted octanol–water partition coefficient (Wildman–Crippen LogP) is 1.35. The molecule has 1 unspecified atom stereocenters. The Labute approximate surface area is 86.8 Å². The molecule has 0 heterocycles. The Morgan fingerprint density at radius 2 is 2.20 bits per heavy atom. The summed E-state index contributed by atoms with van der Waals surface area (Å²) in [5.74, 6) is -0.697. The summed E-state index contributed by atoms with van der Waals surface area (Å²) >= 11 is 0. The second kappa shape index (κ2) is 4.63. The third-order valence-corrected chi connectivity index (χ3v) is 1.81. The molecule has 0 saturated carbocycles. The van der Waals surface area contributed by atoms with Crippen LogP contribution in [0.4, 0.5) is 10.1 Å². The fraction of sp³-hybridized carbons (Fsp3) is 0.300. The fourth-order valence-corrected chi connectivity index (χ4v) is 1.01. The van der Waals surface area contributed by atoms with Crippen molar-refractivity contribution in [3.63, 3.8) is 0 Å². The van der Waals surface area contributed by atoms with Crippen molar-refractivity contribution in [2.45, 2.75) is 13.0 Å². The first-order chi connectivity index (χ1) is 7.04. The van der Waals surface area contributed by atoms with Gasteiger partial charge in [-0.15, -0.1) is 0 Å². The summed E-state index contributed by atoms with van der Waals surface area (Å²) in [5, 5.41) is 0. The molecular formula is C10H12FNO3. The lowest BCUT2D eigenvalue weighted by Crippen LogP contribution is -2.24. The van der Waals surface area contributed by atoms with E-state index in [1.54, 1.807) is 0 Å². The van der Waals surface area contributed by atoms with Crippen molar-refractivity contribution in [3.05, 3.63) is 24.0 Å². The van der Waals surface area contributed by atoms with Gasteiger partial charge in [0.2, 0.25) is 0 Å². The molecule has 0 fully saturated rings. The first-order valence-electron chi connectivity index (χ1n) is 4.34. The summed E-state index contributed by atoms with van der Waals surface area (Å²) < 4.78 is 22.4. The lowest BCUT2D eigenvalue weighted by atomic mass is 10.3. The van der Waals surface area contributed by atoms with Crippen LogP contribution in [-0.2, 0) is 9.53 Å². The predicted molar refractivity (Wildman–Crippen MR) is 52.9 cm³/mol. The van der Waals surface area contributed by atoms with Crippen LogP contribution in [0.3, 0.4) is 0 Å². The quantitative estimate of drug-likeness (QED) is 0.608. The molecule has 0 radical (unpaired) electrons. The molecule has 5 heteroatoms. The van der Waals surface area contributed by atoms with Gasteiger partial charge >= 0.3 is 5.97 Å². The second-order valence-electron chi connectivity index (χ2n) is 2.97. The molecule has 82 valence electrons. The normalized spacial score (nSPS) is 11.9. The molecule has 0 aliphatic rings. The summed E-state index contributed by atoms with van der Waals surface area (Å²) in [6.07, 6.45) is -0.750. The molecule has 4 nitrogen and oxygen atoms in total. The molecule has 2 N–H and O–H groups in total.